The van der Waals surface area contributed by atoms with Crippen molar-refractivity contribution in [3.05, 3.63) is 23.4 Å². The van der Waals surface area contributed by atoms with Crippen LogP contribution >= 0.6 is 0 Å². The molecule has 2 heterocycles. The molecule has 1 saturated heterocycles. The van der Waals surface area contributed by atoms with Gasteiger partial charge in [0.2, 0.25) is 0 Å². The van der Waals surface area contributed by atoms with Crippen LogP contribution in [-0.4, -0.2) is 66.5 Å². The molecule has 2 aromatic rings. The van der Waals surface area contributed by atoms with Crippen molar-refractivity contribution in [2.24, 2.45) is 17.8 Å². The maximum absolute atomic E-state index is 10.3. The second-order valence-electron chi connectivity index (χ2n) is 11.4. The highest BCUT2D eigenvalue weighted by Gasteiger charge is 2.28. The molecule has 2 saturated carbocycles. The van der Waals surface area contributed by atoms with E-state index in [1.165, 1.54) is 64.5 Å². The monoisotopic (exact) mass is 469 g/mol. The number of aromatic nitrogens is 1. The Morgan fingerprint density at radius 2 is 1.85 bits per heavy atom. The van der Waals surface area contributed by atoms with Crippen LogP contribution in [0.15, 0.2) is 16.7 Å². The topological polar surface area (TPSA) is 62.0 Å². The summed E-state index contributed by atoms with van der Waals surface area (Å²) < 4.78 is 12.1. The number of aliphatic hydroxyl groups is 1. The summed E-state index contributed by atoms with van der Waals surface area (Å²) >= 11 is 0. The van der Waals surface area contributed by atoms with Crippen molar-refractivity contribution in [1.82, 2.24) is 15.0 Å². The lowest BCUT2D eigenvalue weighted by Crippen LogP contribution is -2.41. The van der Waals surface area contributed by atoms with Gasteiger partial charge >= 0.3 is 0 Å². The van der Waals surface area contributed by atoms with Gasteiger partial charge in [-0.15, -0.1) is 0 Å². The fraction of sp³-hybridized carbons (Fsp3) is 0.750. The molecule has 3 aliphatic rings. The van der Waals surface area contributed by atoms with Crippen LogP contribution in [0.5, 0.6) is 5.75 Å². The van der Waals surface area contributed by atoms with E-state index in [0.717, 1.165) is 72.3 Å². The van der Waals surface area contributed by atoms with Gasteiger partial charge in [0.15, 0.2) is 5.58 Å². The minimum Gasteiger partial charge on any atom is -0.493 e. The van der Waals surface area contributed by atoms with E-state index in [2.05, 4.69) is 41.2 Å². The fourth-order valence-corrected chi connectivity index (χ4v) is 5.90. The predicted octanol–water partition coefficient (Wildman–Crippen LogP) is 4.87. The zero-order chi connectivity index (χ0) is 23.5. The number of benzene rings is 1. The van der Waals surface area contributed by atoms with Gasteiger partial charge in [-0.2, -0.15) is 0 Å². The third-order valence-corrected chi connectivity index (χ3v) is 8.28. The van der Waals surface area contributed by atoms with E-state index >= 15 is 0 Å². The molecule has 3 fully saturated rings. The quantitative estimate of drug-likeness (QED) is 0.535. The molecule has 2 aliphatic carbocycles. The highest BCUT2D eigenvalue weighted by Crippen LogP contribution is 2.35. The Morgan fingerprint density at radius 1 is 1.06 bits per heavy atom. The summed E-state index contributed by atoms with van der Waals surface area (Å²) in [6, 6.07) is 4.28. The summed E-state index contributed by atoms with van der Waals surface area (Å²) in [5, 5.41) is 16.0. The molecule has 0 radical (unpaired) electrons. The third-order valence-electron chi connectivity index (χ3n) is 8.28. The van der Waals surface area contributed by atoms with Crippen molar-refractivity contribution in [3.8, 4) is 5.75 Å². The zero-order valence-electron chi connectivity index (χ0n) is 21.2. The first-order chi connectivity index (χ1) is 16.6. The smallest absolute Gasteiger partial charge is 0.175 e. The average Bonchev–Trinajstić information content (AvgIpc) is 3.57. The van der Waals surface area contributed by atoms with E-state index in [1.807, 2.05) is 0 Å². The molecule has 2 atom stereocenters. The van der Waals surface area contributed by atoms with Crippen LogP contribution in [0.25, 0.3) is 11.0 Å². The first kappa shape index (κ1) is 24.1. The van der Waals surface area contributed by atoms with E-state index in [0.29, 0.717) is 5.92 Å². The van der Waals surface area contributed by atoms with Crippen LogP contribution in [0.1, 0.15) is 69.0 Å². The molecule has 0 bridgehead atoms. The molecule has 6 heteroatoms. The molecular formula is C28H43N3O3. The van der Waals surface area contributed by atoms with Gasteiger partial charge < -0.3 is 24.2 Å². The van der Waals surface area contributed by atoms with Gasteiger partial charge in [-0.05, 0) is 108 Å². The lowest BCUT2D eigenvalue weighted by atomic mass is 9.85. The molecule has 34 heavy (non-hydrogen) atoms. The molecule has 1 aromatic heterocycles. The molecule has 0 spiro atoms. The first-order valence-corrected chi connectivity index (χ1v) is 13.6. The Labute approximate surface area is 204 Å². The summed E-state index contributed by atoms with van der Waals surface area (Å²) in [4.78, 5) is 4.76. The van der Waals surface area contributed by atoms with Crippen LogP contribution in [-0.2, 0) is 13.0 Å². The maximum atomic E-state index is 10.3. The SMILES string of the molecule is CN(C)Cc1c(OCC2CC2)ccc2c(CCC3CCN(CC4CCCCC4O)CC3)noc12. The van der Waals surface area contributed by atoms with E-state index in [1.54, 1.807) is 0 Å². The Balaban J connectivity index is 1.16. The second kappa shape index (κ2) is 11.0. The molecule has 1 N–H and O–H groups in total. The number of ether oxygens (including phenoxy) is 1. The molecule has 6 nitrogen and oxygen atoms in total. The lowest BCUT2D eigenvalue weighted by molar-refractivity contribution is 0.0380. The van der Waals surface area contributed by atoms with Crippen molar-refractivity contribution < 1.29 is 14.4 Å². The Bertz CT molecular complexity index is 930. The normalized spacial score (nSPS) is 24.8. The van der Waals surface area contributed by atoms with Crippen LogP contribution in [0.2, 0.25) is 0 Å². The summed E-state index contributed by atoms with van der Waals surface area (Å²) in [5.41, 5.74) is 3.12. The van der Waals surface area contributed by atoms with Gasteiger partial charge in [0.25, 0.3) is 0 Å². The lowest BCUT2D eigenvalue weighted by Gasteiger charge is -2.37. The van der Waals surface area contributed by atoms with Gasteiger partial charge in [0.1, 0.15) is 5.75 Å². The van der Waals surface area contributed by atoms with Crippen molar-refractivity contribution in [2.45, 2.75) is 76.9 Å². The summed E-state index contributed by atoms with van der Waals surface area (Å²) in [6.07, 6.45) is 11.8. The number of fused-ring (bicyclic) bond motifs is 1. The number of hydrogen-bond acceptors (Lipinski definition) is 6. The van der Waals surface area contributed by atoms with Crippen LogP contribution in [0, 0.1) is 17.8 Å². The number of rotatable bonds is 10. The van der Waals surface area contributed by atoms with E-state index in [9.17, 15) is 5.11 Å². The average molecular weight is 470 g/mol. The summed E-state index contributed by atoms with van der Waals surface area (Å²) in [7, 11) is 4.17. The largest absolute Gasteiger partial charge is 0.493 e. The van der Waals surface area contributed by atoms with Crippen molar-refractivity contribution >= 4 is 11.0 Å². The van der Waals surface area contributed by atoms with E-state index in [-0.39, 0.29) is 6.10 Å². The van der Waals surface area contributed by atoms with Gasteiger partial charge in [0.05, 0.1) is 24.0 Å². The van der Waals surface area contributed by atoms with E-state index in [4.69, 9.17) is 9.26 Å². The molecule has 1 aliphatic heterocycles. The van der Waals surface area contributed by atoms with Crippen molar-refractivity contribution in [3.63, 3.8) is 0 Å². The van der Waals surface area contributed by atoms with Crippen molar-refractivity contribution in [1.29, 1.82) is 0 Å². The highest BCUT2D eigenvalue weighted by molar-refractivity contribution is 5.84. The second-order valence-corrected chi connectivity index (χ2v) is 11.4. The van der Waals surface area contributed by atoms with Crippen LogP contribution < -0.4 is 4.74 Å². The van der Waals surface area contributed by atoms with Gasteiger partial charge in [-0.3, -0.25) is 0 Å². The first-order valence-electron chi connectivity index (χ1n) is 13.6. The minimum absolute atomic E-state index is 0.0797. The van der Waals surface area contributed by atoms with Crippen LogP contribution in [0.4, 0.5) is 0 Å². The molecule has 5 rings (SSSR count). The fourth-order valence-electron chi connectivity index (χ4n) is 5.90. The zero-order valence-corrected chi connectivity index (χ0v) is 21.2. The highest BCUT2D eigenvalue weighted by atomic mass is 16.5. The molecule has 1 aromatic carbocycles. The number of piperidine rings is 1. The van der Waals surface area contributed by atoms with Gasteiger partial charge in [0, 0.05) is 18.5 Å². The van der Waals surface area contributed by atoms with Crippen LogP contribution in [0.3, 0.4) is 0 Å². The summed E-state index contributed by atoms with van der Waals surface area (Å²) in [6.45, 7) is 5.03. The number of aliphatic hydroxyl groups excluding tert-OH is 1. The van der Waals surface area contributed by atoms with Gasteiger partial charge in [-0.1, -0.05) is 18.0 Å². The van der Waals surface area contributed by atoms with E-state index < -0.39 is 0 Å². The standard InChI is InChI=1S/C28H43N3O3/c1-30(2)18-24-27(33-19-21-7-8-21)12-10-23-25(29-34-28(23)24)11-9-20-13-15-31(16-14-20)17-22-5-3-4-6-26(22)32/h10,12,20-22,26,32H,3-9,11,13-19H2,1-2H3. The Hall–Kier alpha value is -1.63. The molecular weight excluding hydrogens is 426 g/mol. The molecule has 2 unspecified atom stereocenters. The summed E-state index contributed by atoms with van der Waals surface area (Å²) in [5.74, 6) is 2.92. The number of likely N-dealkylation sites (tertiary alicyclic amines) is 1. The number of aryl methyl sites for hydroxylation is 1. The predicted molar refractivity (Wildman–Crippen MR) is 135 cm³/mol. The molecule has 188 valence electrons. The number of nitrogens with zero attached hydrogens (tertiary/aromatic N) is 3. The Kier molecular flexibility index (Phi) is 7.77. The maximum Gasteiger partial charge on any atom is 0.175 e. The van der Waals surface area contributed by atoms with Crippen molar-refractivity contribution in [2.75, 3.05) is 40.3 Å². The minimum atomic E-state index is -0.0797. The van der Waals surface area contributed by atoms with Gasteiger partial charge in [-0.25, -0.2) is 0 Å². The Morgan fingerprint density at radius 3 is 2.59 bits per heavy atom. The molecule has 0 amide bonds. The third kappa shape index (κ3) is 5.95. The number of hydrogen-bond donors (Lipinski definition) is 1.